The predicted octanol–water partition coefficient (Wildman–Crippen LogP) is 1.80. The van der Waals surface area contributed by atoms with Crippen LogP contribution in [0.5, 0.6) is 0 Å². The molecule has 0 rings (SSSR count). The quantitative estimate of drug-likeness (QED) is 0.559. The van der Waals surface area contributed by atoms with E-state index in [-0.39, 0.29) is 12.4 Å². The monoisotopic (exact) mass is 225 g/mol. The number of nitrogens with zero attached hydrogens (tertiary/aromatic N) is 1. The van der Waals surface area contributed by atoms with Crippen molar-refractivity contribution in [2.24, 2.45) is 0 Å². The fraction of sp³-hybridized carbons (Fsp3) is 1.00. The predicted molar refractivity (Wildman–Crippen MR) is 62.3 cm³/mol. The van der Waals surface area contributed by atoms with Crippen LogP contribution in [0, 0.1) is 0 Å². The van der Waals surface area contributed by atoms with Crippen LogP contribution < -0.4 is 0 Å². The second-order valence-electron chi connectivity index (χ2n) is 2.99. The van der Waals surface area contributed by atoms with Gasteiger partial charge in [-0.3, -0.25) is 0 Å². The van der Waals surface area contributed by atoms with Crippen LogP contribution in [0.4, 0.5) is 0 Å². The molecule has 0 unspecified atom stereocenters. The van der Waals surface area contributed by atoms with Crippen LogP contribution in [0.3, 0.4) is 0 Å². The average Bonchev–Trinajstić information content (AvgIpc) is 2.17. The Kier molecular flexibility index (Phi) is 15.6. The molecule has 0 aliphatic carbocycles. The summed E-state index contributed by atoms with van der Waals surface area (Å²) in [5.74, 6) is 0. The van der Waals surface area contributed by atoms with Gasteiger partial charge in [-0.05, 0) is 19.5 Å². The summed E-state index contributed by atoms with van der Waals surface area (Å²) >= 11 is 0. The number of rotatable bonds is 9. The zero-order valence-electron chi connectivity index (χ0n) is 9.62. The maximum atomic E-state index is 5.36. The summed E-state index contributed by atoms with van der Waals surface area (Å²) in [6.07, 6.45) is 1.12. The third-order valence-corrected chi connectivity index (χ3v) is 2.09. The number of methoxy groups -OCH3 is 1. The molecule has 0 amide bonds. The first-order valence-electron chi connectivity index (χ1n) is 5.14. The van der Waals surface area contributed by atoms with E-state index >= 15 is 0 Å². The maximum Gasteiger partial charge on any atom is 0.0700 e. The molecule has 0 aromatic rings. The van der Waals surface area contributed by atoms with Gasteiger partial charge in [0.25, 0.3) is 0 Å². The summed E-state index contributed by atoms with van der Waals surface area (Å²) in [7, 11) is 1.69. The lowest BCUT2D eigenvalue weighted by atomic mass is 10.4. The SMILES string of the molecule is CCN(CC)CCCOCCOC.Cl. The molecular weight excluding hydrogens is 202 g/mol. The van der Waals surface area contributed by atoms with Gasteiger partial charge in [0.1, 0.15) is 0 Å². The summed E-state index contributed by atoms with van der Waals surface area (Å²) in [6, 6.07) is 0. The Morgan fingerprint density at radius 3 is 2.14 bits per heavy atom. The summed E-state index contributed by atoms with van der Waals surface area (Å²) in [4.78, 5) is 2.40. The Morgan fingerprint density at radius 2 is 1.64 bits per heavy atom. The lowest BCUT2D eigenvalue weighted by Gasteiger charge is -2.17. The molecule has 0 aromatic heterocycles. The molecule has 0 aromatic carbocycles. The van der Waals surface area contributed by atoms with Crippen LogP contribution >= 0.6 is 12.4 Å². The Morgan fingerprint density at radius 1 is 1.00 bits per heavy atom. The van der Waals surface area contributed by atoms with E-state index in [9.17, 15) is 0 Å². The molecule has 0 saturated heterocycles. The Labute approximate surface area is 94.2 Å². The second kappa shape index (κ2) is 13.2. The summed E-state index contributed by atoms with van der Waals surface area (Å²) < 4.78 is 10.2. The highest BCUT2D eigenvalue weighted by molar-refractivity contribution is 5.85. The zero-order chi connectivity index (χ0) is 9.94. The van der Waals surface area contributed by atoms with Gasteiger partial charge in [0.15, 0.2) is 0 Å². The summed E-state index contributed by atoms with van der Waals surface area (Å²) in [5, 5.41) is 0. The highest BCUT2D eigenvalue weighted by Gasteiger charge is 1.97. The van der Waals surface area contributed by atoms with Crippen LogP contribution in [-0.2, 0) is 9.47 Å². The third-order valence-electron chi connectivity index (χ3n) is 2.09. The van der Waals surface area contributed by atoms with Gasteiger partial charge < -0.3 is 14.4 Å². The van der Waals surface area contributed by atoms with Gasteiger partial charge >= 0.3 is 0 Å². The van der Waals surface area contributed by atoms with Crippen LogP contribution in [0.2, 0.25) is 0 Å². The molecule has 0 saturated carbocycles. The zero-order valence-corrected chi connectivity index (χ0v) is 10.4. The summed E-state index contributed by atoms with van der Waals surface area (Å²) in [6.45, 7) is 10.0. The van der Waals surface area contributed by atoms with Gasteiger partial charge in [-0.15, -0.1) is 12.4 Å². The van der Waals surface area contributed by atoms with E-state index in [4.69, 9.17) is 9.47 Å². The standard InChI is InChI=1S/C10H23NO2.ClH/c1-4-11(5-2)7-6-8-13-10-9-12-3;/h4-10H2,1-3H3;1H. The van der Waals surface area contributed by atoms with Gasteiger partial charge in [0.05, 0.1) is 13.2 Å². The molecule has 0 heterocycles. The van der Waals surface area contributed by atoms with E-state index in [1.165, 1.54) is 0 Å². The van der Waals surface area contributed by atoms with Gasteiger partial charge in [0, 0.05) is 20.3 Å². The van der Waals surface area contributed by atoms with Gasteiger partial charge in [-0.1, -0.05) is 13.8 Å². The van der Waals surface area contributed by atoms with Crippen molar-refractivity contribution in [2.45, 2.75) is 20.3 Å². The highest BCUT2D eigenvalue weighted by atomic mass is 35.5. The van der Waals surface area contributed by atoms with E-state index in [0.29, 0.717) is 6.61 Å². The minimum Gasteiger partial charge on any atom is -0.382 e. The van der Waals surface area contributed by atoms with Crippen LogP contribution in [0.1, 0.15) is 20.3 Å². The molecule has 88 valence electrons. The highest BCUT2D eigenvalue weighted by Crippen LogP contribution is 1.91. The molecule has 0 radical (unpaired) electrons. The van der Waals surface area contributed by atoms with Crippen molar-refractivity contribution in [3.8, 4) is 0 Å². The van der Waals surface area contributed by atoms with E-state index in [1.54, 1.807) is 7.11 Å². The molecule has 0 bridgehead atoms. The van der Waals surface area contributed by atoms with Crippen molar-refractivity contribution in [1.82, 2.24) is 4.90 Å². The third kappa shape index (κ3) is 10.3. The number of hydrogen-bond donors (Lipinski definition) is 0. The first kappa shape index (κ1) is 16.6. The smallest absolute Gasteiger partial charge is 0.0700 e. The van der Waals surface area contributed by atoms with Crippen molar-refractivity contribution in [2.75, 3.05) is 46.6 Å². The van der Waals surface area contributed by atoms with Gasteiger partial charge in [-0.25, -0.2) is 0 Å². The van der Waals surface area contributed by atoms with E-state index in [0.717, 1.165) is 39.3 Å². The Balaban J connectivity index is 0. The summed E-state index contributed by atoms with van der Waals surface area (Å²) in [5.41, 5.74) is 0. The van der Waals surface area contributed by atoms with Crippen LogP contribution in [0.15, 0.2) is 0 Å². The van der Waals surface area contributed by atoms with Crippen molar-refractivity contribution >= 4 is 12.4 Å². The number of hydrogen-bond acceptors (Lipinski definition) is 3. The normalized spacial score (nSPS) is 10.3. The molecule has 0 N–H and O–H groups in total. The van der Waals surface area contributed by atoms with E-state index in [1.807, 2.05) is 0 Å². The number of ether oxygens (including phenoxy) is 2. The molecular formula is C10H24ClNO2. The van der Waals surface area contributed by atoms with Crippen molar-refractivity contribution in [1.29, 1.82) is 0 Å². The molecule has 0 atom stereocenters. The minimum absolute atomic E-state index is 0. The fourth-order valence-corrected chi connectivity index (χ4v) is 1.17. The maximum absolute atomic E-state index is 5.36. The topological polar surface area (TPSA) is 21.7 Å². The Bertz CT molecular complexity index is 100. The first-order chi connectivity index (χ1) is 6.35. The molecule has 0 fully saturated rings. The molecule has 4 heteroatoms. The van der Waals surface area contributed by atoms with Gasteiger partial charge in [-0.2, -0.15) is 0 Å². The lowest BCUT2D eigenvalue weighted by Crippen LogP contribution is -2.25. The lowest BCUT2D eigenvalue weighted by molar-refractivity contribution is 0.0657. The second-order valence-corrected chi connectivity index (χ2v) is 2.99. The Hall–Kier alpha value is 0.170. The van der Waals surface area contributed by atoms with Crippen molar-refractivity contribution in [3.63, 3.8) is 0 Å². The first-order valence-corrected chi connectivity index (χ1v) is 5.14. The van der Waals surface area contributed by atoms with Crippen molar-refractivity contribution in [3.05, 3.63) is 0 Å². The van der Waals surface area contributed by atoms with Crippen molar-refractivity contribution < 1.29 is 9.47 Å². The van der Waals surface area contributed by atoms with Crippen LogP contribution in [0.25, 0.3) is 0 Å². The largest absolute Gasteiger partial charge is 0.382 e. The van der Waals surface area contributed by atoms with Gasteiger partial charge in [0.2, 0.25) is 0 Å². The molecule has 0 spiro atoms. The molecule has 3 nitrogen and oxygen atoms in total. The molecule has 14 heavy (non-hydrogen) atoms. The van der Waals surface area contributed by atoms with Crippen LogP contribution in [-0.4, -0.2) is 51.5 Å². The number of halogens is 1. The fourth-order valence-electron chi connectivity index (χ4n) is 1.17. The minimum atomic E-state index is 0. The molecule has 0 aliphatic heterocycles. The van der Waals surface area contributed by atoms with E-state index in [2.05, 4.69) is 18.7 Å². The van der Waals surface area contributed by atoms with E-state index < -0.39 is 0 Å². The average molecular weight is 226 g/mol. The molecule has 0 aliphatic rings.